The summed E-state index contributed by atoms with van der Waals surface area (Å²) < 4.78 is 10.7. The van der Waals surface area contributed by atoms with E-state index in [1.165, 1.54) is 25.7 Å². The van der Waals surface area contributed by atoms with Crippen LogP contribution in [-0.2, 0) is 9.47 Å². The molecule has 3 rings (SSSR count). The minimum absolute atomic E-state index is 0.388. The van der Waals surface area contributed by atoms with Crippen molar-refractivity contribution >= 4 is 0 Å². The lowest BCUT2D eigenvalue weighted by Gasteiger charge is -2.26. The molecule has 0 spiro atoms. The lowest BCUT2D eigenvalue weighted by Crippen LogP contribution is -2.41. The molecule has 0 bridgehead atoms. The highest BCUT2D eigenvalue weighted by atomic mass is 16.7. The summed E-state index contributed by atoms with van der Waals surface area (Å²) in [5, 5.41) is 3.73. The zero-order chi connectivity index (χ0) is 10.1. The van der Waals surface area contributed by atoms with Crippen molar-refractivity contribution in [2.75, 3.05) is 19.9 Å². The van der Waals surface area contributed by atoms with Crippen LogP contribution in [0, 0.1) is 11.8 Å². The Bertz CT molecular complexity index is 196. The van der Waals surface area contributed by atoms with E-state index in [0.29, 0.717) is 12.9 Å². The maximum atomic E-state index is 5.54. The monoisotopic (exact) mass is 211 g/mol. The van der Waals surface area contributed by atoms with Gasteiger partial charge in [-0.3, -0.25) is 0 Å². The number of rotatable bonds is 5. The van der Waals surface area contributed by atoms with Crippen LogP contribution in [0.2, 0.25) is 0 Å². The van der Waals surface area contributed by atoms with Crippen LogP contribution in [0.25, 0.3) is 0 Å². The van der Waals surface area contributed by atoms with Gasteiger partial charge in [0.1, 0.15) is 6.79 Å². The zero-order valence-electron chi connectivity index (χ0n) is 9.28. The van der Waals surface area contributed by atoms with Crippen molar-refractivity contribution < 1.29 is 9.47 Å². The van der Waals surface area contributed by atoms with Gasteiger partial charge in [0.2, 0.25) is 0 Å². The van der Waals surface area contributed by atoms with Crippen LogP contribution < -0.4 is 5.32 Å². The largest absolute Gasteiger partial charge is 0.355 e. The van der Waals surface area contributed by atoms with E-state index >= 15 is 0 Å². The van der Waals surface area contributed by atoms with Gasteiger partial charge in [0.25, 0.3) is 0 Å². The lowest BCUT2D eigenvalue weighted by atomic mass is 10.1. The summed E-state index contributed by atoms with van der Waals surface area (Å²) in [5.74, 6) is 1.97. The van der Waals surface area contributed by atoms with E-state index in [-0.39, 0.29) is 0 Å². The number of hydrogen-bond donors (Lipinski definition) is 1. The molecule has 0 aromatic carbocycles. The van der Waals surface area contributed by atoms with Crippen LogP contribution in [-0.4, -0.2) is 32.1 Å². The fraction of sp³-hybridized carbons (Fsp3) is 1.00. The molecule has 0 radical (unpaired) electrons. The highest BCUT2D eigenvalue weighted by molar-refractivity contribution is 4.96. The summed E-state index contributed by atoms with van der Waals surface area (Å²) in [6.07, 6.45) is 7.23. The predicted octanol–water partition coefficient (Wildman–Crippen LogP) is 1.53. The fourth-order valence-electron chi connectivity index (χ4n) is 2.56. The number of ether oxygens (including phenoxy) is 2. The maximum absolute atomic E-state index is 5.54. The SMILES string of the molecule is C1CC(CNC(C2CC2)C2CC2)OCO1. The molecule has 2 aliphatic carbocycles. The minimum Gasteiger partial charge on any atom is -0.355 e. The van der Waals surface area contributed by atoms with E-state index in [0.717, 1.165) is 37.5 Å². The van der Waals surface area contributed by atoms with E-state index in [9.17, 15) is 0 Å². The average molecular weight is 211 g/mol. The first-order valence-electron chi connectivity index (χ1n) is 6.36. The zero-order valence-corrected chi connectivity index (χ0v) is 9.28. The third-order valence-electron chi connectivity index (χ3n) is 3.81. The second-order valence-electron chi connectivity index (χ2n) is 5.21. The highest BCUT2D eigenvalue weighted by Crippen LogP contribution is 2.44. The molecule has 86 valence electrons. The molecule has 1 atom stereocenters. The summed E-state index contributed by atoms with van der Waals surface area (Å²) in [4.78, 5) is 0. The first-order chi connectivity index (χ1) is 7.43. The standard InChI is InChI=1S/C12H21NO2/c1-2-9(1)12(10-3-4-10)13-7-11-5-6-14-8-15-11/h9-13H,1-8H2. The topological polar surface area (TPSA) is 30.5 Å². The predicted molar refractivity (Wildman–Crippen MR) is 57.5 cm³/mol. The first kappa shape index (κ1) is 10.1. The quantitative estimate of drug-likeness (QED) is 0.748. The van der Waals surface area contributed by atoms with Crippen molar-refractivity contribution in [2.24, 2.45) is 11.8 Å². The van der Waals surface area contributed by atoms with E-state index < -0.39 is 0 Å². The molecule has 0 aromatic rings. The van der Waals surface area contributed by atoms with Gasteiger partial charge in [-0.1, -0.05) is 0 Å². The number of nitrogens with one attached hydrogen (secondary N) is 1. The van der Waals surface area contributed by atoms with E-state index in [4.69, 9.17) is 9.47 Å². The molecule has 3 heteroatoms. The summed E-state index contributed by atoms with van der Waals surface area (Å²) in [6, 6.07) is 0.802. The normalized spacial score (nSPS) is 32.2. The molecular weight excluding hydrogens is 190 g/mol. The van der Waals surface area contributed by atoms with Crippen molar-refractivity contribution in [3.8, 4) is 0 Å². The molecule has 1 heterocycles. The molecule has 1 unspecified atom stereocenters. The molecule has 1 N–H and O–H groups in total. The van der Waals surface area contributed by atoms with Crippen molar-refractivity contribution in [2.45, 2.75) is 44.2 Å². The fourth-order valence-corrected chi connectivity index (χ4v) is 2.56. The molecule has 1 saturated heterocycles. The Balaban J connectivity index is 1.42. The summed E-state index contributed by atoms with van der Waals surface area (Å²) in [7, 11) is 0. The Labute approximate surface area is 91.5 Å². The van der Waals surface area contributed by atoms with Gasteiger partial charge in [-0.2, -0.15) is 0 Å². The molecule has 3 nitrogen and oxygen atoms in total. The van der Waals surface area contributed by atoms with Crippen molar-refractivity contribution in [3.63, 3.8) is 0 Å². The second kappa shape index (κ2) is 4.40. The first-order valence-corrected chi connectivity index (χ1v) is 6.36. The van der Waals surface area contributed by atoms with Crippen LogP contribution >= 0.6 is 0 Å². The van der Waals surface area contributed by atoms with Gasteiger partial charge < -0.3 is 14.8 Å². The highest BCUT2D eigenvalue weighted by Gasteiger charge is 2.41. The van der Waals surface area contributed by atoms with E-state index in [1.54, 1.807) is 0 Å². The number of hydrogen-bond acceptors (Lipinski definition) is 3. The van der Waals surface area contributed by atoms with Crippen molar-refractivity contribution in [1.29, 1.82) is 0 Å². The van der Waals surface area contributed by atoms with Gasteiger partial charge in [0, 0.05) is 12.6 Å². The van der Waals surface area contributed by atoms with Crippen LogP contribution in [0.1, 0.15) is 32.1 Å². The Morgan fingerprint density at radius 1 is 1.07 bits per heavy atom. The summed E-state index contributed by atoms with van der Waals surface area (Å²) >= 11 is 0. The Hall–Kier alpha value is -0.120. The molecule has 1 aliphatic heterocycles. The smallest absolute Gasteiger partial charge is 0.147 e. The average Bonchev–Trinajstić information content (AvgIpc) is 3.14. The molecule has 0 amide bonds. The van der Waals surface area contributed by atoms with Gasteiger partial charge >= 0.3 is 0 Å². The Morgan fingerprint density at radius 3 is 2.33 bits per heavy atom. The van der Waals surface area contributed by atoms with Gasteiger partial charge in [-0.25, -0.2) is 0 Å². The van der Waals surface area contributed by atoms with Crippen LogP contribution in [0.5, 0.6) is 0 Å². The molecule has 3 aliphatic rings. The van der Waals surface area contributed by atoms with Crippen molar-refractivity contribution in [1.82, 2.24) is 5.32 Å². The Morgan fingerprint density at radius 2 is 1.80 bits per heavy atom. The molecule has 15 heavy (non-hydrogen) atoms. The third kappa shape index (κ3) is 2.71. The van der Waals surface area contributed by atoms with E-state index in [2.05, 4.69) is 5.32 Å². The molecule has 0 aromatic heterocycles. The van der Waals surface area contributed by atoms with E-state index in [1.807, 2.05) is 0 Å². The third-order valence-corrected chi connectivity index (χ3v) is 3.81. The lowest BCUT2D eigenvalue weighted by molar-refractivity contribution is -0.137. The van der Waals surface area contributed by atoms with Crippen LogP contribution in [0.15, 0.2) is 0 Å². The van der Waals surface area contributed by atoms with Crippen LogP contribution in [0.3, 0.4) is 0 Å². The maximum Gasteiger partial charge on any atom is 0.147 e. The minimum atomic E-state index is 0.388. The Kier molecular flexibility index (Phi) is 2.95. The van der Waals surface area contributed by atoms with Gasteiger partial charge in [0.15, 0.2) is 0 Å². The summed E-state index contributed by atoms with van der Waals surface area (Å²) in [6.45, 7) is 2.38. The second-order valence-corrected chi connectivity index (χ2v) is 5.21. The molecular formula is C12H21NO2. The van der Waals surface area contributed by atoms with Crippen molar-refractivity contribution in [3.05, 3.63) is 0 Å². The van der Waals surface area contributed by atoms with Gasteiger partial charge in [-0.15, -0.1) is 0 Å². The summed E-state index contributed by atoms with van der Waals surface area (Å²) in [5.41, 5.74) is 0. The molecule has 3 fully saturated rings. The van der Waals surface area contributed by atoms with Gasteiger partial charge in [0.05, 0.1) is 12.7 Å². The van der Waals surface area contributed by atoms with Crippen LogP contribution in [0.4, 0.5) is 0 Å². The van der Waals surface area contributed by atoms with Gasteiger partial charge in [-0.05, 0) is 43.9 Å². The molecule has 2 saturated carbocycles.